The van der Waals surface area contributed by atoms with Gasteiger partial charge in [-0.3, -0.25) is 19.8 Å². The topological polar surface area (TPSA) is 205 Å². The highest BCUT2D eigenvalue weighted by atomic mass is 32.2. The SMILES string of the molecule is CC(C)c1ccccc1[C@@H]1COCC(C)N1C1CC2(CCN(c3ccc(C(=O)NS(=O)(=O)c4cnc(NCC5CCC(C)(O)CC5)c([N+](=O)[O-])c4)c(Oc4cnc5[nH]ccc5c4)c3)CC2)C1. The Hall–Kier alpha value is -5.62. The molecule has 0 radical (unpaired) electrons. The van der Waals surface area contributed by atoms with Gasteiger partial charge in [-0.25, -0.2) is 23.1 Å². The molecule has 2 aliphatic carbocycles. The summed E-state index contributed by atoms with van der Waals surface area (Å²) in [7, 11) is -4.64. The molecule has 2 saturated heterocycles. The molecule has 5 heterocycles. The number of carbonyl (C=O) groups excluding carboxylic acids is 1. The summed E-state index contributed by atoms with van der Waals surface area (Å²) in [5, 5.41) is 26.2. The van der Waals surface area contributed by atoms with E-state index in [9.17, 15) is 28.4 Å². The van der Waals surface area contributed by atoms with E-state index in [1.54, 1.807) is 37.4 Å². The molecular weight excluding hydrogens is 861 g/mol. The van der Waals surface area contributed by atoms with Gasteiger partial charge >= 0.3 is 5.69 Å². The van der Waals surface area contributed by atoms with Crippen molar-refractivity contribution in [3.05, 3.63) is 106 Å². The van der Waals surface area contributed by atoms with Crippen LogP contribution in [-0.4, -0.2) is 94.7 Å². The first-order chi connectivity index (χ1) is 31.6. The number of aliphatic hydroxyl groups is 1. The number of rotatable bonds is 13. The highest BCUT2D eigenvalue weighted by Crippen LogP contribution is 2.54. The molecule has 16 nitrogen and oxygen atoms in total. The minimum absolute atomic E-state index is 0.0489. The lowest BCUT2D eigenvalue weighted by molar-refractivity contribution is -0.384. The molecule has 4 N–H and O–H groups in total. The van der Waals surface area contributed by atoms with Crippen LogP contribution in [0.4, 0.5) is 17.2 Å². The molecule has 4 fully saturated rings. The quantitative estimate of drug-likeness (QED) is 0.0647. The van der Waals surface area contributed by atoms with E-state index in [-0.39, 0.29) is 34.5 Å². The highest BCUT2D eigenvalue weighted by molar-refractivity contribution is 7.90. The number of carbonyl (C=O) groups is 1. The minimum atomic E-state index is -4.64. The predicted molar refractivity (Wildman–Crippen MR) is 252 cm³/mol. The smallest absolute Gasteiger partial charge is 0.312 e. The van der Waals surface area contributed by atoms with Crippen molar-refractivity contribution in [2.24, 2.45) is 11.3 Å². The van der Waals surface area contributed by atoms with E-state index in [4.69, 9.17) is 9.47 Å². The van der Waals surface area contributed by atoms with Crippen molar-refractivity contribution < 1.29 is 32.7 Å². The molecule has 1 amide bonds. The molecule has 2 aliphatic heterocycles. The number of anilines is 2. The van der Waals surface area contributed by atoms with Crippen LogP contribution in [0.25, 0.3) is 11.0 Å². The molecule has 4 aliphatic rings. The molecule has 1 spiro atoms. The van der Waals surface area contributed by atoms with Crippen molar-refractivity contribution >= 4 is 44.2 Å². The summed E-state index contributed by atoms with van der Waals surface area (Å²) >= 11 is 0. The summed E-state index contributed by atoms with van der Waals surface area (Å²) < 4.78 is 42.1. The average Bonchev–Trinajstić information content (AvgIpc) is 3.76. The van der Waals surface area contributed by atoms with Crippen LogP contribution in [0.1, 0.15) is 113 Å². The van der Waals surface area contributed by atoms with Gasteiger partial charge in [0.25, 0.3) is 15.9 Å². The monoisotopic (exact) mass is 920 g/mol. The van der Waals surface area contributed by atoms with Gasteiger partial charge in [-0.15, -0.1) is 0 Å². The first-order valence-corrected chi connectivity index (χ1v) is 24.7. The van der Waals surface area contributed by atoms with Gasteiger partial charge in [0.15, 0.2) is 0 Å². The summed E-state index contributed by atoms with van der Waals surface area (Å²) in [6, 6.07) is 19.5. The van der Waals surface area contributed by atoms with Crippen LogP contribution in [0.2, 0.25) is 0 Å². The van der Waals surface area contributed by atoms with E-state index >= 15 is 0 Å². The van der Waals surface area contributed by atoms with Crippen molar-refractivity contribution in [1.82, 2.24) is 24.6 Å². The lowest BCUT2D eigenvalue weighted by Gasteiger charge is -2.59. The van der Waals surface area contributed by atoms with Crippen molar-refractivity contribution in [1.29, 1.82) is 0 Å². The summed E-state index contributed by atoms with van der Waals surface area (Å²) in [4.78, 5) is 41.5. The van der Waals surface area contributed by atoms with Gasteiger partial charge in [-0.05, 0) is 118 Å². The number of sulfonamides is 1. The van der Waals surface area contributed by atoms with Crippen LogP contribution in [-0.2, 0) is 14.8 Å². The van der Waals surface area contributed by atoms with Crippen molar-refractivity contribution in [3.8, 4) is 11.5 Å². The number of H-pyrrole nitrogens is 1. The van der Waals surface area contributed by atoms with E-state index in [0.29, 0.717) is 55.4 Å². The fraction of sp³-hybridized carbons (Fsp3) is 0.490. The van der Waals surface area contributed by atoms with Crippen molar-refractivity contribution in [2.75, 3.05) is 43.1 Å². The molecule has 2 atom stereocenters. The highest BCUT2D eigenvalue weighted by Gasteiger charge is 2.51. The summed E-state index contributed by atoms with van der Waals surface area (Å²) in [5.74, 6) is 0.0101. The maximum atomic E-state index is 14.0. The normalized spacial score (nSPS) is 23.7. The Kier molecular flexibility index (Phi) is 12.6. The summed E-state index contributed by atoms with van der Waals surface area (Å²) in [6.07, 6.45) is 11.3. The van der Waals surface area contributed by atoms with Gasteiger partial charge in [-0.2, -0.15) is 0 Å². The number of aromatic nitrogens is 3. The molecule has 1 unspecified atom stereocenters. The van der Waals surface area contributed by atoms with Gasteiger partial charge in [0.2, 0.25) is 5.82 Å². The maximum absolute atomic E-state index is 14.0. The zero-order valence-electron chi connectivity index (χ0n) is 38.0. The van der Waals surface area contributed by atoms with Crippen molar-refractivity contribution in [3.63, 3.8) is 0 Å². The molecular formula is C49H60N8O8S. The molecule has 66 heavy (non-hydrogen) atoms. The Balaban J connectivity index is 0.903. The van der Waals surface area contributed by atoms with Gasteiger partial charge in [0.05, 0.1) is 47.7 Å². The Morgan fingerprint density at radius 3 is 2.53 bits per heavy atom. The summed E-state index contributed by atoms with van der Waals surface area (Å²) in [6.45, 7) is 12.0. The Labute approximate surface area is 385 Å². The molecule has 2 aromatic carbocycles. The number of morpholine rings is 1. The number of hydrogen-bond acceptors (Lipinski definition) is 13. The van der Waals surface area contributed by atoms with Gasteiger partial charge in [0.1, 0.15) is 22.0 Å². The Morgan fingerprint density at radius 2 is 1.79 bits per heavy atom. The second-order valence-electron chi connectivity index (χ2n) is 19.6. The predicted octanol–water partition coefficient (Wildman–Crippen LogP) is 8.46. The fourth-order valence-corrected chi connectivity index (χ4v) is 11.7. The van der Waals surface area contributed by atoms with Crippen LogP contribution < -0.4 is 19.7 Å². The first-order valence-electron chi connectivity index (χ1n) is 23.2. The average molecular weight is 921 g/mol. The third-order valence-electron chi connectivity index (χ3n) is 14.6. The number of nitrogens with zero attached hydrogens (tertiary/aromatic N) is 5. The van der Waals surface area contributed by atoms with E-state index in [1.165, 1.54) is 17.3 Å². The molecule has 9 rings (SSSR count). The Bertz CT molecular complexity index is 2700. The van der Waals surface area contributed by atoms with Crippen molar-refractivity contribution in [2.45, 2.75) is 114 Å². The number of hydrogen-bond donors (Lipinski definition) is 4. The third kappa shape index (κ3) is 9.48. The van der Waals surface area contributed by atoms with Crippen LogP contribution >= 0.6 is 0 Å². The molecule has 2 saturated carbocycles. The number of aromatic amines is 1. The maximum Gasteiger partial charge on any atom is 0.312 e. The first kappa shape index (κ1) is 45.5. The number of benzene rings is 2. The fourth-order valence-electron chi connectivity index (χ4n) is 10.8. The van der Waals surface area contributed by atoms with Gasteiger partial charge in [0, 0.05) is 61.1 Å². The number of nitro groups is 1. The molecule has 17 heteroatoms. The molecule has 350 valence electrons. The van der Waals surface area contributed by atoms with Crippen LogP contribution in [0.5, 0.6) is 11.5 Å². The van der Waals surface area contributed by atoms with E-state index < -0.39 is 37.0 Å². The van der Waals surface area contributed by atoms with Gasteiger partial charge in [-0.1, -0.05) is 38.1 Å². The largest absolute Gasteiger partial charge is 0.455 e. The zero-order valence-corrected chi connectivity index (χ0v) is 38.9. The third-order valence-corrected chi connectivity index (χ3v) is 15.9. The standard InChI is InChI=1S/C49H60N8O8S/c1-31(2)39-7-5-6-8-40(39)43-30-64-29-32(3)56(43)36-24-49(25-36)16-19-55(20-17-49)35-9-10-41(44(22-35)65-37-21-34-13-18-50-45(34)52-27-37)47(58)54-66(62,63)38-23-42(57(60)61)46(53-28-38)51-26-33-11-14-48(4,59)15-12-33/h5-10,13,18,21-23,27-28,31-33,36,43,59H,11-12,14-17,19-20,24-26,29-30H2,1-4H3,(H,50,52)(H,51,53)(H,54,58)/t32?,33?,43-,48?/m0/s1. The number of piperidine rings is 1. The van der Waals surface area contributed by atoms with E-state index in [0.717, 1.165) is 81.6 Å². The van der Waals surface area contributed by atoms with E-state index in [2.05, 4.69) is 79.8 Å². The second kappa shape index (κ2) is 18.2. The van der Waals surface area contributed by atoms with E-state index in [1.807, 2.05) is 6.07 Å². The van der Waals surface area contributed by atoms with Crippen LogP contribution in [0.3, 0.4) is 0 Å². The number of pyridine rings is 2. The molecule has 5 aromatic rings. The lowest BCUT2D eigenvalue weighted by Crippen LogP contribution is -2.60. The van der Waals surface area contributed by atoms with Crippen LogP contribution in [0.15, 0.2) is 84.1 Å². The number of ether oxygens (including phenoxy) is 2. The van der Waals surface area contributed by atoms with Gasteiger partial charge < -0.3 is 29.8 Å². The minimum Gasteiger partial charge on any atom is -0.455 e. The number of fused-ring (bicyclic) bond motifs is 1. The number of nitrogens with one attached hydrogen (secondary N) is 3. The summed E-state index contributed by atoms with van der Waals surface area (Å²) in [5.41, 5.74) is 3.17. The van der Waals surface area contributed by atoms with Crippen LogP contribution in [0, 0.1) is 21.4 Å². The lowest BCUT2D eigenvalue weighted by atomic mass is 9.59. The zero-order chi connectivity index (χ0) is 46.4. The number of amides is 1. The Morgan fingerprint density at radius 1 is 1.03 bits per heavy atom. The molecule has 0 bridgehead atoms. The second-order valence-corrected chi connectivity index (χ2v) is 21.3. The molecule has 3 aromatic heterocycles.